The summed E-state index contributed by atoms with van der Waals surface area (Å²) in [6.45, 7) is 1.84. The first-order valence-electron chi connectivity index (χ1n) is 5.37. The molecule has 0 saturated carbocycles. The van der Waals surface area contributed by atoms with Gasteiger partial charge in [-0.3, -0.25) is 14.8 Å². The van der Waals surface area contributed by atoms with Crippen molar-refractivity contribution in [3.63, 3.8) is 0 Å². The number of aromatic nitrogens is 4. The van der Waals surface area contributed by atoms with Gasteiger partial charge in [0.25, 0.3) is 0 Å². The maximum atomic E-state index is 12.1. The Morgan fingerprint density at radius 3 is 2.68 bits per heavy atom. The molecule has 0 saturated heterocycles. The van der Waals surface area contributed by atoms with Gasteiger partial charge in [0.1, 0.15) is 11.0 Å². The van der Waals surface area contributed by atoms with Gasteiger partial charge in [0, 0.05) is 18.8 Å². The second-order valence-corrected chi connectivity index (χ2v) is 4.97. The first-order chi connectivity index (χ1) is 8.60. The van der Waals surface area contributed by atoms with E-state index in [4.69, 9.17) is 0 Å². The molecule has 2 aromatic rings. The Hall–Kier alpha value is -1.51. The maximum Gasteiger partial charge on any atom is 0.248 e. The van der Waals surface area contributed by atoms with Gasteiger partial charge in [-0.15, -0.1) is 22.6 Å². The summed E-state index contributed by atoms with van der Waals surface area (Å²) in [5.41, 5.74) is 0.804. The number of likely N-dealkylation sites (N-methyl/N-ethyl adjacent to an activating group) is 1. The summed E-state index contributed by atoms with van der Waals surface area (Å²) < 4.78 is 1.65. The van der Waals surface area contributed by atoms with E-state index in [2.05, 4.69) is 25.9 Å². The average molecular weight is 303 g/mol. The van der Waals surface area contributed by atoms with E-state index in [0.717, 1.165) is 10.6 Å². The average Bonchev–Trinajstić information content (AvgIpc) is 2.89. The second-order valence-electron chi connectivity index (χ2n) is 3.78. The van der Waals surface area contributed by atoms with Crippen LogP contribution in [-0.2, 0) is 11.8 Å². The molecule has 2 rings (SSSR count). The van der Waals surface area contributed by atoms with Gasteiger partial charge in [0.2, 0.25) is 11.0 Å². The predicted molar refractivity (Wildman–Crippen MR) is 75.5 cm³/mol. The molecule has 1 atom stereocenters. The summed E-state index contributed by atoms with van der Waals surface area (Å²) in [6.07, 6.45) is 3.46. The van der Waals surface area contributed by atoms with Gasteiger partial charge in [-0.1, -0.05) is 11.3 Å². The third-order valence-corrected chi connectivity index (χ3v) is 3.12. The SMILES string of the molecule is CNC(C(=O)Nc1nnc(C)s1)c1cnn(C)c1.Cl. The minimum absolute atomic E-state index is 0. The van der Waals surface area contributed by atoms with Crippen LogP contribution in [0.15, 0.2) is 12.4 Å². The lowest BCUT2D eigenvalue weighted by Gasteiger charge is -2.12. The van der Waals surface area contributed by atoms with Crippen LogP contribution in [-0.4, -0.2) is 32.9 Å². The second kappa shape index (κ2) is 6.60. The monoisotopic (exact) mass is 302 g/mol. The molecule has 7 nitrogen and oxygen atoms in total. The molecule has 0 bridgehead atoms. The number of nitrogens with one attached hydrogen (secondary N) is 2. The Bertz CT molecular complexity index is 554. The van der Waals surface area contributed by atoms with Gasteiger partial charge in [-0.25, -0.2) is 0 Å². The Kier molecular flexibility index (Phi) is 5.40. The van der Waals surface area contributed by atoms with Crippen LogP contribution in [0, 0.1) is 6.92 Å². The molecule has 0 aliphatic heterocycles. The lowest BCUT2D eigenvalue weighted by Crippen LogP contribution is -2.30. The van der Waals surface area contributed by atoms with Crippen molar-refractivity contribution in [2.75, 3.05) is 12.4 Å². The van der Waals surface area contributed by atoms with E-state index in [1.165, 1.54) is 11.3 Å². The van der Waals surface area contributed by atoms with Gasteiger partial charge < -0.3 is 5.32 Å². The van der Waals surface area contributed by atoms with Crippen LogP contribution in [0.2, 0.25) is 0 Å². The van der Waals surface area contributed by atoms with E-state index in [1.54, 1.807) is 24.1 Å². The molecule has 0 aliphatic rings. The van der Waals surface area contributed by atoms with Crippen molar-refractivity contribution < 1.29 is 4.79 Å². The van der Waals surface area contributed by atoms with E-state index in [1.807, 2.05) is 14.0 Å². The van der Waals surface area contributed by atoms with Gasteiger partial charge in [0.05, 0.1) is 6.20 Å². The van der Waals surface area contributed by atoms with Crippen molar-refractivity contribution in [1.29, 1.82) is 0 Å². The molecule has 0 radical (unpaired) electrons. The first-order valence-corrected chi connectivity index (χ1v) is 6.18. The zero-order valence-electron chi connectivity index (χ0n) is 10.7. The third-order valence-electron chi connectivity index (χ3n) is 2.37. The molecule has 1 unspecified atom stereocenters. The number of anilines is 1. The standard InChI is InChI=1S/C10H14N6OS.ClH/c1-6-14-15-10(18-6)13-9(17)8(11-2)7-4-12-16(3)5-7;/h4-5,8,11H,1-3H3,(H,13,15,17);1H. The molecule has 104 valence electrons. The Morgan fingerprint density at radius 1 is 1.47 bits per heavy atom. The lowest BCUT2D eigenvalue weighted by molar-refractivity contribution is -0.118. The molecule has 2 N–H and O–H groups in total. The molecular formula is C10H15ClN6OS. The highest BCUT2D eigenvalue weighted by atomic mass is 35.5. The number of halogens is 1. The fourth-order valence-electron chi connectivity index (χ4n) is 1.56. The molecule has 2 heterocycles. The summed E-state index contributed by atoms with van der Waals surface area (Å²) in [4.78, 5) is 12.1. The van der Waals surface area contributed by atoms with Crippen molar-refractivity contribution in [3.05, 3.63) is 23.0 Å². The van der Waals surface area contributed by atoms with Crippen LogP contribution in [0.3, 0.4) is 0 Å². The van der Waals surface area contributed by atoms with Crippen LogP contribution in [0.25, 0.3) is 0 Å². The van der Waals surface area contributed by atoms with Crippen molar-refractivity contribution in [1.82, 2.24) is 25.3 Å². The Labute approximate surface area is 120 Å². The van der Waals surface area contributed by atoms with Crippen molar-refractivity contribution in [2.45, 2.75) is 13.0 Å². The molecule has 1 amide bonds. The van der Waals surface area contributed by atoms with E-state index in [0.29, 0.717) is 5.13 Å². The number of rotatable bonds is 4. The quantitative estimate of drug-likeness (QED) is 0.876. The van der Waals surface area contributed by atoms with E-state index >= 15 is 0 Å². The molecule has 0 aromatic carbocycles. The predicted octanol–water partition coefficient (Wildman–Crippen LogP) is 0.901. The molecule has 19 heavy (non-hydrogen) atoms. The highest BCUT2D eigenvalue weighted by Gasteiger charge is 2.21. The van der Waals surface area contributed by atoms with Crippen LogP contribution >= 0.6 is 23.7 Å². The molecule has 9 heteroatoms. The fraction of sp³-hybridized carbons (Fsp3) is 0.400. The highest BCUT2D eigenvalue weighted by molar-refractivity contribution is 7.15. The van der Waals surface area contributed by atoms with Crippen LogP contribution in [0.1, 0.15) is 16.6 Å². The maximum absolute atomic E-state index is 12.1. The van der Waals surface area contributed by atoms with Gasteiger partial charge >= 0.3 is 0 Å². The summed E-state index contributed by atoms with van der Waals surface area (Å²) in [5, 5.41) is 18.7. The van der Waals surface area contributed by atoms with E-state index in [-0.39, 0.29) is 18.3 Å². The first kappa shape index (κ1) is 15.5. The van der Waals surface area contributed by atoms with E-state index < -0.39 is 6.04 Å². The van der Waals surface area contributed by atoms with Gasteiger partial charge in [-0.05, 0) is 14.0 Å². The number of amides is 1. The summed E-state index contributed by atoms with van der Waals surface area (Å²) in [5.74, 6) is -0.179. The number of hydrogen-bond donors (Lipinski definition) is 2. The number of aryl methyl sites for hydroxylation is 2. The number of carbonyl (C=O) groups excluding carboxylic acids is 1. The largest absolute Gasteiger partial charge is 0.305 e. The minimum atomic E-state index is -0.456. The van der Waals surface area contributed by atoms with Crippen molar-refractivity contribution >= 4 is 34.8 Å². The highest BCUT2D eigenvalue weighted by Crippen LogP contribution is 2.17. The zero-order valence-corrected chi connectivity index (χ0v) is 12.4. The van der Waals surface area contributed by atoms with E-state index in [9.17, 15) is 4.79 Å². The molecular weight excluding hydrogens is 288 g/mol. The minimum Gasteiger partial charge on any atom is -0.305 e. The Balaban J connectivity index is 0.00000180. The zero-order chi connectivity index (χ0) is 13.1. The summed E-state index contributed by atoms with van der Waals surface area (Å²) in [7, 11) is 3.53. The number of nitrogens with zero attached hydrogens (tertiary/aromatic N) is 4. The van der Waals surface area contributed by atoms with Gasteiger partial charge in [0.15, 0.2) is 0 Å². The number of hydrogen-bond acceptors (Lipinski definition) is 6. The molecule has 0 aliphatic carbocycles. The smallest absolute Gasteiger partial charge is 0.248 e. The summed E-state index contributed by atoms with van der Waals surface area (Å²) in [6, 6.07) is -0.456. The summed E-state index contributed by atoms with van der Waals surface area (Å²) >= 11 is 1.34. The fourth-order valence-corrected chi connectivity index (χ4v) is 2.16. The van der Waals surface area contributed by atoms with Crippen LogP contribution in [0.4, 0.5) is 5.13 Å². The molecule has 0 spiro atoms. The lowest BCUT2D eigenvalue weighted by atomic mass is 10.1. The molecule has 0 fully saturated rings. The van der Waals surface area contributed by atoms with Crippen LogP contribution in [0.5, 0.6) is 0 Å². The van der Waals surface area contributed by atoms with Gasteiger partial charge in [-0.2, -0.15) is 5.10 Å². The van der Waals surface area contributed by atoms with Crippen LogP contribution < -0.4 is 10.6 Å². The van der Waals surface area contributed by atoms with Crippen molar-refractivity contribution in [3.8, 4) is 0 Å². The number of carbonyl (C=O) groups is 1. The Morgan fingerprint density at radius 2 is 2.21 bits per heavy atom. The third kappa shape index (κ3) is 3.72. The normalized spacial score (nSPS) is 11.7. The van der Waals surface area contributed by atoms with Crippen molar-refractivity contribution in [2.24, 2.45) is 7.05 Å². The molecule has 2 aromatic heterocycles. The topological polar surface area (TPSA) is 84.7 Å².